The highest BCUT2D eigenvalue weighted by Gasteiger charge is 2.36. The third-order valence-electron chi connectivity index (χ3n) is 5.75. The van der Waals surface area contributed by atoms with E-state index in [0.29, 0.717) is 53.8 Å². The summed E-state index contributed by atoms with van der Waals surface area (Å²) in [4.78, 5) is 38.6. The molecule has 2 N–H and O–H groups in total. The molecule has 1 aliphatic rings. The Kier molecular flexibility index (Phi) is 8.12. The second-order valence-corrected chi connectivity index (χ2v) is 8.33. The molecule has 0 saturated carbocycles. The summed E-state index contributed by atoms with van der Waals surface area (Å²) < 4.78 is 11.1. The first-order valence-corrected chi connectivity index (χ1v) is 11.3. The lowest BCUT2D eigenvalue weighted by Gasteiger charge is -2.29. The molecule has 1 aliphatic heterocycles. The van der Waals surface area contributed by atoms with Crippen LogP contribution >= 0.6 is 0 Å². The van der Waals surface area contributed by atoms with Crippen LogP contribution in [0, 0.1) is 5.92 Å². The number of fused-ring (bicyclic) bond motifs is 1. The molecular weight excluding hydrogens is 438 g/mol. The van der Waals surface area contributed by atoms with Crippen molar-refractivity contribution in [3.8, 4) is 11.5 Å². The Morgan fingerprint density at radius 2 is 2.03 bits per heavy atom. The Morgan fingerprint density at radius 3 is 2.68 bits per heavy atom. The van der Waals surface area contributed by atoms with Crippen LogP contribution in [-0.4, -0.2) is 53.7 Å². The normalized spacial score (nSPS) is 13.5. The lowest BCUT2D eigenvalue weighted by Crippen LogP contribution is -2.32. The maximum Gasteiger partial charge on any atom is 0.257 e. The van der Waals surface area contributed by atoms with Gasteiger partial charge in [-0.05, 0) is 42.7 Å². The highest BCUT2D eigenvalue weighted by Crippen LogP contribution is 2.39. The van der Waals surface area contributed by atoms with Gasteiger partial charge in [0, 0.05) is 12.5 Å². The highest BCUT2D eigenvalue weighted by atomic mass is 16.5. The van der Waals surface area contributed by atoms with Crippen molar-refractivity contribution in [2.24, 2.45) is 5.92 Å². The number of hydrogen-bond donors (Lipinski definition) is 2. The van der Waals surface area contributed by atoms with Crippen molar-refractivity contribution in [3.05, 3.63) is 53.1 Å². The van der Waals surface area contributed by atoms with Crippen LogP contribution in [0.25, 0.3) is 0 Å². The Morgan fingerprint density at radius 1 is 1.26 bits per heavy atom. The van der Waals surface area contributed by atoms with Crippen molar-refractivity contribution in [2.75, 3.05) is 25.6 Å². The van der Waals surface area contributed by atoms with Crippen molar-refractivity contribution in [3.63, 3.8) is 0 Å². The van der Waals surface area contributed by atoms with Crippen LogP contribution in [0.4, 0.5) is 5.69 Å². The summed E-state index contributed by atoms with van der Waals surface area (Å²) in [7, 11) is 1.55. The molecular formula is C25H31N3O6. The van der Waals surface area contributed by atoms with Crippen LogP contribution in [0.2, 0.25) is 0 Å². The molecule has 0 saturated heterocycles. The minimum absolute atomic E-state index is 0.0290. The number of hydroxylamine groups is 2. The van der Waals surface area contributed by atoms with Gasteiger partial charge in [0.2, 0.25) is 12.3 Å². The number of rotatable bonds is 11. The monoisotopic (exact) mass is 469 g/mol. The minimum Gasteiger partial charge on any atom is -0.493 e. The Labute approximate surface area is 199 Å². The molecule has 1 atom stereocenters. The summed E-state index contributed by atoms with van der Waals surface area (Å²) in [5.74, 6) is 0.471. The lowest BCUT2D eigenvalue weighted by molar-refractivity contribution is -0.150. The number of nitrogens with one attached hydrogen (secondary N) is 1. The van der Waals surface area contributed by atoms with E-state index in [0.717, 1.165) is 11.1 Å². The summed E-state index contributed by atoms with van der Waals surface area (Å²) in [5.41, 5.74) is 2.50. The largest absolute Gasteiger partial charge is 0.493 e. The van der Waals surface area contributed by atoms with E-state index in [1.165, 1.54) is 0 Å². The summed E-state index contributed by atoms with van der Waals surface area (Å²) in [5, 5.41) is 13.1. The van der Waals surface area contributed by atoms with Crippen molar-refractivity contribution in [2.45, 2.75) is 39.8 Å². The summed E-state index contributed by atoms with van der Waals surface area (Å²) in [6, 6.07) is 10.3. The molecule has 1 heterocycles. The third-order valence-corrected chi connectivity index (χ3v) is 5.75. The van der Waals surface area contributed by atoms with Gasteiger partial charge in [-0.3, -0.25) is 19.6 Å². The van der Waals surface area contributed by atoms with E-state index >= 15 is 0 Å². The first-order chi connectivity index (χ1) is 16.3. The molecule has 0 aromatic heterocycles. The van der Waals surface area contributed by atoms with Crippen LogP contribution in [0.1, 0.15) is 54.7 Å². The number of anilines is 1. The predicted molar refractivity (Wildman–Crippen MR) is 126 cm³/mol. The number of benzene rings is 2. The fourth-order valence-corrected chi connectivity index (χ4v) is 3.99. The first kappa shape index (κ1) is 25.0. The number of carbonyl (C=O) groups is 3. The van der Waals surface area contributed by atoms with E-state index in [4.69, 9.17) is 9.47 Å². The number of methoxy groups -OCH3 is 1. The van der Waals surface area contributed by atoms with Gasteiger partial charge in [-0.1, -0.05) is 32.0 Å². The molecule has 9 nitrogen and oxygen atoms in total. The molecule has 0 fully saturated rings. The minimum atomic E-state index is -0.465. The quantitative estimate of drug-likeness (QED) is 0.296. The summed E-state index contributed by atoms with van der Waals surface area (Å²) in [6.45, 7) is 6.23. The fourth-order valence-electron chi connectivity index (χ4n) is 3.99. The molecule has 34 heavy (non-hydrogen) atoms. The average Bonchev–Trinajstić information content (AvgIpc) is 3.16. The molecule has 3 amide bonds. The van der Waals surface area contributed by atoms with Gasteiger partial charge < -0.3 is 19.7 Å². The Bertz CT molecular complexity index is 1050. The maximum absolute atomic E-state index is 13.6. The second-order valence-electron chi connectivity index (χ2n) is 8.33. The van der Waals surface area contributed by atoms with E-state index < -0.39 is 6.04 Å². The molecule has 0 unspecified atom stereocenters. The molecule has 2 aromatic carbocycles. The van der Waals surface area contributed by atoms with Crippen molar-refractivity contribution < 1.29 is 29.1 Å². The van der Waals surface area contributed by atoms with Crippen LogP contribution < -0.4 is 14.8 Å². The molecule has 3 rings (SSSR count). The van der Waals surface area contributed by atoms with Gasteiger partial charge in [-0.25, -0.2) is 5.06 Å². The standard InChI is InChI=1S/C25H31N3O6/c1-5-34-22-13-17(9-10-21(22)33-4)20(11-12-27(32)15-29)28-14-18-7-6-8-19(23(18)25(28)31)26-24(30)16(2)3/h6-10,13,15-16,20,32H,5,11-12,14H2,1-4H3,(H,26,30)/t20-/m0/s1. The zero-order valence-corrected chi connectivity index (χ0v) is 19.9. The number of amides is 3. The topological polar surface area (TPSA) is 108 Å². The van der Waals surface area contributed by atoms with Crippen molar-refractivity contribution >= 4 is 23.9 Å². The van der Waals surface area contributed by atoms with E-state index in [2.05, 4.69) is 5.32 Å². The fraction of sp³-hybridized carbons (Fsp3) is 0.400. The van der Waals surface area contributed by atoms with Gasteiger partial charge in [0.1, 0.15) is 0 Å². The number of nitrogens with zero attached hydrogens (tertiary/aromatic N) is 2. The zero-order chi connectivity index (χ0) is 24.8. The SMILES string of the molecule is CCOc1cc([C@H](CCN(O)C=O)N2Cc3cccc(NC(=O)C(C)C)c3C2=O)ccc1OC. The zero-order valence-electron chi connectivity index (χ0n) is 19.9. The molecule has 0 aliphatic carbocycles. The predicted octanol–water partition coefficient (Wildman–Crippen LogP) is 3.62. The number of carbonyl (C=O) groups excluding carboxylic acids is 3. The molecule has 2 aromatic rings. The van der Waals surface area contributed by atoms with Crippen molar-refractivity contribution in [1.29, 1.82) is 0 Å². The molecule has 0 radical (unpaired) electrons. The maximum atomic E-state index is 13.6. The molecule has 182 valence electrons. The smallest absolute Gasteiger partial charge is 0.257 e. The van der Waals surface area contributed by atoms with Gasteiger partial charge in [-0.2, -0.15) is 0 Å². The van der Waals surface area contributed by atoms with Gasteiger partial charge in [0.05, 0.1) is 37.6 Å². The first-order valence-electron chi connectivity index (χ1n) is 11.3. The van der Waals surface area contributed by atoms with Gasteiger partial charge in [0.25, 0.3) is 5.91 Å². The number of ether oxygens (including phenoxy) is 2. The number of hydrogen-bond acceptors (Lipinski definition) is 6. The Balaban J connectivity index is 1.98. The molecule has 0 spiro atoms. The van der Waals surface area contributed by atoms with Crippen molar-refractivity contribution in [1.82, 2.24) is 9.96 Å². The summed E-state index contributed by atoms with van der Waals surface area (Å²) >= 11 is 0. The van der Waals surface area contributed by atoms with Crippen LogP contribution in [0.5, 0.6) is 11.5 Å². The summed E-state index contributed by atoms with van der Waals surface area (Å²) in [6.07, 6.45) is 0.622. The van der Waals surface area contributed by atoms with Gasteiger partial charge in [-0.15, -0.1) is 0 Å². The average molecular weight is 470 g/mol. The van der Waals surface area contributed by atoms with E-state index in [1.807, 2.05) is 31.2 Å². The molecule has 0 bridgehead atoms. The van der Waals surface area contributed by atoms with Crippen LogP contribution in [0.3, 0.4) is 0 Å². The van der Waals surface area contributed by atoms with E-state index in [-0.39, 0.29) is 24.3 Å². The lowest BCUT2D eigenvalue weighted by atomic mass is 10.0. The van der Waals surface area contributed by atoms with Gasteiger partial charge >= 0.3 is 0 Å². The third kappa shape index (κ3) is 5.31. The second kappa shape index (κ2) is 11.0. The van der Waals surface area contributed by atoms with Crippen LogP contribution in [0.15, 0.2) is 36.4 Å². The highest BCUT2D eigenvalue weighted by molar-refractivity contribution is 6.07. The van der Waals surface area contributed by atoms with E-state index in [9.17, 15) is 19.6 Å². The molecule has 9 heteroatoms. The van der Waals surface area contributed by atoms with E-state index in [1.54, 1.807) is 38.0 Å². The van der Waals surface area contributed by atoms with Crippen LogP contribution in [-0.2, 0) is 16.1 Å². The Hall–Kier alpha value is -3.59. The van der Waals surface area contributed by atoms with Gasteiger partial charge in [0.15, 0.2) is 11.5 Å².